The second-order valence-electron chi connectivity index (χ2n) is 5.22. The molecule has 0 saturated carbocycles. The zero-order chi connectivity index (χ0) is 14.1. The van der Waals surface area contributed by atoms with Crippen molar-refractivity contribution in [2.75, 3.05) is 0 Å². The number of ether oxygens (including phenoxy) is 1. The first-order valence-corrected chi connectivity index (χ1v) is 6.91. The first-order chi connectivity index (χ1) is 9.69. The summed E-state index contributed by atoms with van der Waals surface area (Å²) in [5, 5.41) is 9.39. The van der Waals surface area contributed by atoms with Crippen LogP contribution in [0.1, 0.15) is 42.6 Å². The molecule has 2 atom stereocenters. The lowest BCUT2D eigenvalue weighted by Crippen LogP contribution is -2.06. The van der Waals surface area contributed by atoms with E-state index in [4.69, 9.17) is 4.74 Å². The van der Waals surface area contributed by atoms with Crippen LogP contribution in [0.4, 0.5) is 0 Å². The van der Waals surface area contributed by atoms with Crippen molar-refractivity contribution in [3.8, 4) is 11.5 Å². The van der Waals surface area contributed by atoms with Gasteiger partial charge in [0.05, 0.1) is 0 Å². The summed E-state index contributed by atoms with van der Waals surface area (Å²) in [5.74, 6) is 1.55. The molecule has 0 amide bonds. The molecule has 0 spiro atoms. The molecule has 0 aliphatic carbocycles. The van der Waals surface area contributed by atoms with Crippen LogP contribution >= 0.6 is 0 Å². The van der Waals surface area contributed by atoms with Crippen LogP contribution < -0.4 is 4.74 Å². The lowest BCUT2D eigenvalue weighted by molar-refractivity contribution is 0.216. The quantitative estimate of drug-likeness (QED) is 0.856. The summed E-state index contributed by atoms with van der Waals surface area (Å²) >= 11 is 0. The van der Waals surface area contributed by atoms with Crippen LogP contribution in [0.3, 0.4) is 0 Å². The predicted molar refractivity (Wildman–Crippen MR) is 81.0 cm³/mol. The molecule has 1 aliphatic heterocycles. The van der Waals surface area contributed by atoms with Crippen molar-refractivity contribution in [3.63, 3.8) is 0 Å². The van der Waals surface area contributed by atoms with Gasteiger partial charge in [0.2, 0.25) is 0 Å². The minimum absolute atomic E-state index is 0.0199. The average molecular weight is 266 g/mol. The summed E-state index contributed by atoms with van der Waals surface area (Å²) in [6.45, 7) is 4.20. The van der Waals surface area contributed by atoms with Gasteiger partial charge in [-0.25, -0.2) is 0 Å². The van der Waals surface area contributed by atoms with Gasteiger partial charge < -0.3 is 9.84 Å². The molecule has 2 nitrogen and oxygen atoms in total. The number of benzene rings is 2. The van der Waals surface area contributed by atoms with Crippen LogP contribution in [-0.2, 0) is 0 Å². The van der Waals surface area contributed by atoms with E-state index in [1.54, 1.807) is 12.1 Å². The molecule has 0 radical (unpaired) electrons. The minimum atomic E-state index is 0.0199. The smallest absolute Gasteiger partial charge is 0.130 e. The van der Waals surface area contributed by atoms with Crippen molar-refractivity contribution >= 4 is 6.08 Å². The van der Waals surface area contributed by atoms with Gasteiger partial charge in [0, 0.05) is 11.5 Å². The lowest BCUT2D eigenvalue weighted by atomic mass is 9.92. The van der Waals surface area contributed by atoms with Crippen LogP contribution in [-0.4, -0.2) is 5.11 Å². The molecule has 0 saturated heterocycles. The number of fused-ring (bicyclic) bond motifs is 1. The minimum Gasteiger partial charge on any atom is -0.508 e. The molecule has 2 heteroatoms. The first kappa shape index (κ1) is 12.8. The maximum absolute atomic E-state index is 9.39. The molecule has 3 rings (SSSR count). The fourth-order valence-corrected chi connectivity index (χ4v) is 2.75. The Balaban J connectivity index is 1.94. The molecular weight excluding hydrogens is 248 g/mol. The van der Waals surface area contributed by atoms with Gasteiger partial charge in [-0.05, 0) is 42.3 Å². The third kappa shape index (κ3) is 2.18. The molecule has 2 aromatic carbocycles. The van der Waals surface area contributed by atoms with Gasteiger partial charge in [0.15, 0.2) is 0 Å². The Labute approximate surface area is 119 Å². The maximum Gasteiger partial charge on any atom is 0.130 e. The Bertz CT molecular complexity index is 641. The molecular formula is C18H18O2. The fourth-order valence-electron chi connectivity index (χ4n) is 2.75. The van der Waals surface area contributed by atoms with Gasteiger partial charge in [-0.2, -0.15) is 0 Å². The SMILES string of the molecule is C/C=C/c1ccc2c(c1)[C@H](C)[C@H](c1ccc(O)cc1)O2. The summed E-state index contributed by atoms with van der Waals surface area (Å²) in [6, 6.07) is 13.6. The summed E-state index contributed by atoms with van der Waals surface area (Å²) in [7, 11) is 0. The monoisotopic (exact) mass is 266 g/mol. The Morgan fingerprint density at radius 1 is 1.10 bits per heavy atom. The molecule has 102 valence electrons. The Morgan fingerprint density at radius 3 is 2.55 bits per heavy atom. The van der Waals surface area contributed by atoms with Gasteiger partial charge in [-0.3, -0.25) is 0 Å². The van der Waals surface area contributed by atoms with Crippen molar-refractivity contribution < 1.29 is 9.84 Å². The highest BCUT2D eigenvalue weighted by Crippen LogP contribution is 2.46. The van der Waals surface area contributed by atoms with Gasteiger partial charge in [-0.1, -0.05) is 37.3 Å². The molecule has 2 aromatic rings. The average Bonchev–Trinajstić information content (AvgIpc) is 2.78. The molecule has 1 N–H and O–H groups in total. The zero-order valence-corrected chi connectivity index (χ0v) is 11.7. The largest absolute Gasteiger partial charge is 0.508 e. The number of hydrogen-bond donors (Lipinski definition) is 1. The summed E-state index contributed by atoms with van der Waals surface area (Å²) < 4.78 is 6.07. The third-order valence-corrected chi connectivity index (χ3v) is 3.81. The third-order valence-electron chi connectivity index (χ3n) is 3.81. The number of hydrogen-bond acceptors (Lipinski definition) is 2. The summed E-state index contributed by atoms with van der Waals surface area (Å²) in [6.07, 6.45) is 4.16. The van der Waals surface area contributed by atoms with E-state index in [0.29, 0.717) is 5.92 Å². The molecule has 0 unspecified atom stereocenters. The van der Waals surface area contributed by atoms with Crippen LogP contribution in [0.2, 0.25) is 0 Å². The van der Waals surface area contributed by atoms with Crippen LogP contribution in [0.15, 0.2) is 48.5 Å². The van der Waals surface area contributed by atoms with Crippen molar-refractivity contribution in [2.45, 2.75) is 25.9 Å². The highest BCUT2D eigenvalue weighted by Gasteiger charge is 2.32. The zero-order valence-electron chi connectivity index (χ0n) is 11.7. The van der Waals surface area contributed by atoms with Crippen LogP contribution in [0, 0.1) is 0 Å². The number of rotatable bonds is 2. The van der Waals surface area contributed by atoms with E-state index in [-0.39, 0.29) is 11.9 Å². The van der Waals surface area contributed by atoms with E-state index < -0.39 is 0 Å². The Hall–Kier alpha value is -2.22. The van der Waals surface area contributed by atoms with E-state index in [1.807, 2.05) is 31.2 Å². The lowest BCUT2D eigenvalue weighted by Gasteiger charge is -2.15. The summed E-state index contributed by atoms with van der Waals surface area (Å²) in [5.41, 5.74) is 3.55. The number of allylic oxidation sites excluding steroid dienone is 1. The summed E-state index contributed by atoms with van der Waals surface area (Å²) in [4.78, 5) is 0. The Morgan fingerprint density at radius 2 is 1.85 bits per heavy atom. The molecule has 0 aromatic heterocycles. The van der Waals surface area contributed by atoms with Crippen molar-refractivity contribution in [3.05, 3.63) is 65.2 Å². The molecule has 0 bridgehead atoms. The van der Waals surface area contributed by atoms with E-state index >= 15 is 0 Å². The van der Waals surface area contributed by atoms with E-state index in [0.717, 1.165) is 11.3 Å². The predicted octanol–water partition coefficient (Wildman–Crippen LogP) is 4.66. The molecule has 20 heavy (non-hydrogen) atoms. The van der Waals surface area contributed by atoms with Gasteiger partial charge in [-0.15, -0.1) is 0 Å². The highest BCUT2D eigenvalue weighted by molar-refractivity contribution is 5.55. The van der Waals surface area contributed by atoms with Gasteiger partial charge in [0.25, 0.3) is 0 Å². The number of phenols is 1. The molecule has 1 aliphatic rings. The standard InChI is InChI=1S/C18H18O2/c1-3-4-13-5-10-17-16(11-13)12(2)18(20-17)14-6-8-15(19)9-7-14/h3-12,18-19H,1-2H3/b4-3+/t12-,18+/m0/s1. The van der Waals surface area contributed by atoms with Crippen LogP contribution in [0.25, 0.3) is 6.08 Å². The second kappa shape index (κ2) is 5.04. The molecule has 0 fully saturated rings. The highest BCUT2D eigenvalue weighted by atomic mass is 16.5. The number of phenolic OH excluding ortho intramolecular Hbond substituents is 1. The van der Waals surface area contributed by atoms with Crippen molar-refractivity contribution in [1.82, 2.24) is 0 Å². The van der Waals surface area contributed by atoms with Gasteiger partial charge in [0.1, 0.15) is 17.6 Å². The fraction of sp³-hybridized carbons (Fsp3) is 0.222. The molecule has 1 heterocycles. The van der Waals surface area contributed by atoms with Crippen molar-refractivity contribution in [1.29, 1.82) is 0 Å². The van der Waals surface area contributed by atoms with Gasteiger partial charge >= 0.3 is 0 Å². The first-order valence-electron chi connectivity index (χ1n) is 6.91. The number of aromatic hydroxyl groups is 1. The maximum atomic E-state index is 9.39. The Kier molecular flexibility index (Phi) is 3.23. The van der Waals surface area contributed by atoms with Crippen LogP contribution in [0.5, 0.6) is 11.5 Å². The van der Waals surface area contributed by atoms with E-state index in [1.165, 1.54) is 11.1 Å². The van der Waals surface area contributed by atoms with E-state index in [9.17, 15) is 5.11 Å². The van der Waals surface area contributed by atoms with Crippen molar-refractivity contribution in [2.24, 2.45) is 0 Å². The normalized spacial score (nSPS) is 20.9. The second-order valence-corrected chi connectivity index (χ2v) is 5.22. The topological polar surface area (TPSA) is 29.5 Å². The van der Waals surface area contributed by atoms with E-state index in [2.05, 4.69) is 25.1 Å².